The lowest BCUT2D eigenvalue weighted by molar-refractivity contribution is -0.146. The van der Waals surface area contributed by atoms with Crippen LogP contribution in [-0.4, -0.2) is 18.4 Å². The van der Waals surface area contributed by atoms with E-state index < -0.39 is 5.82 Å². The Balaban J connectivity index is 1.62. The van der Waals surface area contributed by atoms with Gasteiger partial charge in [0.1, 0.15) is 11.6 Å². The van der Waals surface area contributed by atoms with Crippen molar-refractivity contribution in [1.29, 1.82) is 0 Å². The Kier molecular flexibility index (Phi) is 3.74. The van der Waals surface area contributed by atoms with Crippen molar-refractivity contribution in [2.24, 2.45) is 23.7 Å². The number of benzene rings is 1. The second kappa shape index (κ2) is 5.41. The van der Waals surface area contributed by atoms with Crippen molar-refractivity contribution >= 4 is 23.4 Å². The van der Waals surface area contributed by atoms with Crippen LogP contribution in [0.2, 0.25) is 5.02 Å². The van der Waals surface area contributed by atoms with Crippen molar-refractivity contribution in [3.8, 4) is 0 Å². The third-order valence-corrected chi connectivity index (χ3v) is 4.77. The Labute approximate surface area is 127 Å². The van der Waals surface area contributed by atoms with Gasteiger partial charge in [-0.15, -0.1) is 0 Å². The van der Waals surface area contributed by atoms with Crippen LogP contribution in [0.15, 0.2) is 18.2 Å². The summed E-state index contributed by atoms with van der Waals surface area (Å²) in [4.78, 5) is 24.0. The number of hydrogen-bond acceptors (Lipinski definition) is 3. The molecule has 0 bridgehead atoms. The van der Waals surface area contributed by atoms with E-state index in [4.69, 9.17) is 16.3 Å². The maximum absolute atomic E-state index is 13.1. The fourth-order valence-corrected chi connectivity index (χ4v) is 3.67. The first-order valence-corrected chi connectivity index (χ1v) is 7.55. The van der Waals surface area contributed by atoms with Gasteiger partial charge in [0.25, 0.3) is 0 Å². The fraction of sp³-hybridized carbons (Fsp3) is 0.500. The van der Waals surface area contributed by atoms with Gasteiger partial charge in [-0.2, -0.15) is 0 Å². The molecule has 2 saturated carbocycles. The van der Waals surface area contributed by atoms with Gasteiger partial charge in [-0.3, -0.25) is 9.59 Å². The van der Waals surface area contributed by atoms with E-state index in [1.807, 2.05) is 0 Å². The molecule has 0 amide bonds. The van der Waals surface area contributed by atoms with Gasteiger partial charge >= 0.3 is 5.97 Å². The van der Waals surface area contributed by atoms with E-state index in [0.717, 1.165) is 5.56 Å². The molecule has 3 nitrogen and oxygen atoms in total. The number of halogens is 2. The minimum absolute atomic E-state index is 0.0764. The lowest BCUT2D eigenvalue weighted by Crippen LogP contribution is -2.20. The monoisotopic (exact) mass is 310 g/mol. The third-order valence-electron chi connectivity index (χ3n) is 4.48. The summed E-state index contributed by atoms with van der Waals surface area (Å²) in [5.74, 6) is -0.911. The van der Waals surface area contributed by atoms with Crippen LogP contribution < -0.4 is 0 Å². The molecule has 0 aromatic heterocycles. The first-order valence-electron chi connectivity index (χ1n) is 7.17. The molecular formula is C16H16ClFO3. The zero-order valence-corrected chi connectivity index (χ0v) is 12.4. The van der Waals surface area contributed by atoms with E-state index in [9.17, 15) is 14.0 Å². The lowest BCUT2D eigenvalue weighted by atomic mass is 9.92. The van der Waals surface area contributed by atoms with Crippen molar-refractivity contribution in [2.45, 2.75) is 19.8 Å². The average Bonchev–Trinajstić information content (AvgIpc) is 3.07. The predicted molar refractivity (Wildman–Crippen MR) is 75.3 cm³/mol. The number of Topliss-reactive ketones (excluding diaryl/α,β-unsaturated/α-hetero) is 1. The van der Waals surface area contributed by atoms with E-state index in [2.05, 4.69) is 0 Å². The first kappa shape index (κ1) is 14.5. The smallest absolute Gasteiger partial charge is 0.309 e. The van der Waals surface area contributed by atoms with E-state index in [-0.39, 0.29) is 40.4 Å². The highest BCUT2D eigenvalue weighted by Crippen LogP contribution is 2.58. The topological polar surface area (TPSA) is 43.4 Å². The molecule has 2 aliphatic carbocycles. The lowest BCUT2D eigenvalue weighted by Gasteiger charge is -2.13. The third kappa shape index (κ3) is 2.57. The highest BCUT2D eigenvalue weighted by Gasteiger charge is 2.65. The number of esters is 1. The van der Waals surface area contributed by atoms with Crippen LogP contribution >= 0.6 is 11.6 Å². The molecule has 0 saturated heterocycles. The van der Waals surface area contributed by atoms with Crippen molar-refractivity contribution in [3.63, 3.8) is 0 Å². The van der Waals surface area contributed by atoms with Crippen LogP contribution in [0.4, 0.5) is 4.39 Å². The van der Waals surface area contributed by atoms with Crippen molar-refractivity contribution in [2.75, 3.05) is 6.61 Å². The molecule has 5 heteroatoms. The maximum atomic E-state index is 13.1. The molecule has 1 aromatic carbocycles. The average molecular weight is 311 g/mol. The van der Waals surface area contributed by atoms with Gasteiger partial charge in [-0.1, -0.05) is 17.7 Å². The number of rotatable bonds is 4. The Morgan fingerprint density at radius 1 is 1.48 bits per heavy atom. The van der Waals surface area contributed by atoms with Crippen LogP contribution in [0.5, 0.6) is 0 Å². The van der Waals surface area contributed by atoms with Gasteiger partial charge in [0.15, 0.2) is 0 Å². The Bertz CT molecular complexity index is 601. The van der Waals surface area contributed by atoms with Gasteiger partial charge in [0.2, 0.25) is 0 Å². The molecule has 3 rings (SSSR count). The molecule has 0 spiro atoms. The van der Waals surface area contributed by atoms with Gasteiger partial charge in [-0.05, 0) is 43.4 Å². The highest BCUT2D eigenvalue weighted by atomic mass is 35.5. The van der Waals surface area contributed by atoms with Crippen molar-refractivity contribution in [3.05, 3.63) is 34.6 Å². The quantitative estimate of drug-likeness (QED) is 0.803. The minimum atomic E-state index is -0.455. The summed E-state index contributed by atoms with van der Waals surface area (Å²) in [6, 6.07) is 4.54. The molecule has 1 aromatic rings. The first-order chi connectivity index (χ1) is 10.0. The molecule has 21 heavy (non-hydrogen) atoms. The van der Waals surface area contributed by atoms with Crippen LogP contribution in [0.3, 0.4) is 0 Å². The molecule has 0 heterocycles. The molecular weight excluding hydrogens is 295 g/mol. The van der Waals surface area contributed by atoms with Crippen molar-refractivity contribution in [1.82, 2.24) is 0 Å². The minimum Gasteiger partial charge on any atom is -0.466 e. The predicted octanol–water partition coefficient (Wildman–Crippen LogP) is 3.04. The summed E-state index contributed by atoms with van der Waals surface area (Å²) in [6.07, 6.45) is 1.27. The van der Waals surface area contributed by atoms with E-state index >= 15 is 0 Å². The second-order valence-electron chi connectivity index (χ2n) is 5.76. The summed E-state index contributed by atoms with van der Waals surface area (Å²) < 4.78 is 18.1. The molecule has 112 valence electrons. The van der Waals surface area contributed by atoms with Gasteiger partial charge in [-0.25, -0.2) is 4.39 Å². The Hall–Kier alpha value is -1.42. The molecule has 2 fully saturated rings. The van der Waals surface area contributed by atoms with Crippen LogP contribution in [0.25, 0.3) is 0 Å². The Morgan fingerprint density at radius 3 is 2.81 bits per heavy atom. The van der Waals surface area contributed by atoms with Crippen molar-refractivity contribution < 1.29 is 18.7 Å². The van der Waals surface area contributed by atoms with Crippen LogP contribution in [0.1, 0.15) is 18.9 Å². The number of hydrogen-bond donors (Lipinski definition) is 0. The largest absolute Gasteiger partial charge is 0.466 e. The number of ether oxygens (including phenoxy) is 1. The highest BCUT2D eigenvalue weighted by molar-refractivity contribution is 6.30. The van der Waals surface area contributed by atoms with Gasteiger partial charge in [0.05, 0.1) is 17.5 Å². The molecule has 0 aliphatic heterocycles. The van der Waals surface area contributed by atoms with E-state index in [1.54, 1.807) is 19.1 Å². The van der Waals surface area contributed by atoms with Crippen LogP contribution in [-0.2, 0) is 20.7 Å². The summed E-state index contributed by atoms with van der Waals surface area (Å²) in [6.45, 7) is 2.11. The van der Waals surface area contributed by atoms with Gasteiger partial charge in [0, 0.05) is 11.8 Å². The molecule has 0 N–H and O–H groups in total. The normalized spacial score (nSPS) is 30.1. The van der Waals surface area contributed by atoms with E-state index in [0.29, 0.717) is 19.4 Å². The standard InChI is InChI=1S/C16H16ClFO3/c1-2-21-16(20)14-10-7-9(15(19)13(10)14)5-8-3-4-12(18)11(17)6-8/h3-4,6,9-10,13-14H,2,5,7H2,1H3/t9-,10+,13-,14-/m0/s1. The van der Waals surface area contributed by atoms with Crippen LogP contribution in [0, 0.1) is 29.5 Å². The summed E-state index contributed by atoms with van der Waals surface area (Å²) in [5.41, 5.74) is 0.855. The van der Waals surface area contributed by atoms with E-state index in [1.165, 1.54) is 6.07 Å². The summed E-state index contributed by atoms with van der Waals surface area (Å²) >= 11 is 5.75. The Morgan fingerprint density at radius 2 is 2.24 bits per heavy atom. The number of fused-ring (bicyclic) bond motifs is 1. The second-order valence-corrected chi connectivity index (χ2v) is 6.16. The fourth-order valence-electron chi connectivity index (χ4n) is 3.47. The number of carbonyl (C=O) groups excluding carboxylic acids is 2. The molecule has 4 atom stereocenters. The molecule has 0 unspecified atom stereocenters. The molecule has 0 radical (unpaired) electrons. The SMILES string of the molecule is CCOC(=O)[C@H]1[C@@H]2C[C@H](Cc3ccc(F)c(Cl)c3)C(=O)[C@@H]21. The molecule has 2 aliphatic rings. The summed E-state index contributed by atoms with van der Waals surface area (Å²) in [5, 5.41) is 0.0764. The zero-order valence-electron chi connectivity index (χ0n) is 11.6. The summed E-state index contributed by atoms with van der Waals surface area (Å²) in [7, 11) is 0. The zero-order chi connectivity index (χ0) is 15.1. The number of carbonyl (C=O) groups is 2. The maximum Gasteiger partial charge on any atom is 0.309 e. The number of ketones is 1. The van der Waals surface area contributed by atoms with Gasteiger partial charge < -0.3 is 4.74 Å².